The summed E-state index contributed by atoms with van der Waals surface area (Å²) in [6.07, 6.45) is 6.58. The van der Waals surface area contributed by atoms with Gasteiger partial charge in [-0.25, -0.2) is 5.48 Å². The maximum atomic E-state index is 8.50. The van der Waals surface area contributed by atoms with Gasteiger partial charge in [0.25, 0.3) is 0 Å². The second-order valence-corrected chi connectivity index (χ2v) is 3.60. The fraction of sp³-hybridized carbons (Fsp3) is 0.375. The van der Waals surface area contributed by atoms with E-state index in [9.17, 15) is 0 Å². The summed E-state index contributed by atoms with van der Waals surface area (Å²) in [5, 5.41) is 8.50. The Bertz CT molecular complexity index is 380. The number of rotatable bonds is 6. The summed E-state index contributed by atoms with van der Waals surface area (Å²) >= 11 is 0. The van der Waals surface area contributed by atoms with Crippen molar-refractivity contribution in [3.05, 3.63) is 53.8 Å². The minimum absolute atomic E-state index is 0.554. The Hall–Kier alpha value is -1.58. The Balaban J connectivity index is 0.00000154. The minimum Gasteiger partial charge on any atom is -0.458 e. The molecule has 3 heteroatoms. The number of hydroxylamine groups is 1. The third-order valence-corrected chi connectivity index (χ3v) is 2.30. The van der Waals surface area contributed by atoms with Gasteiger partial charge in [-0.1, -0.05) is 32.1 Å². The van der Waals surface area contributed by atoms with E-state index < -0.39 is 0 Å². The molecule has 0 atom stereocenters. The van der Waals surface area contributed by atoms with Crippen LogP contribution in [-0.4, -0.2) is 11.8 Å². The quantitative estimate of drug-likeness (QED) is 0.461. The standard InChI is InChI=1S/C14H19NO2.C2H6/c1-3-5-13(4-2)17-14-8-6-12(7-9-14)10-11-15-16;1-2/h3-9,15-16H,10-11H2,1-2H3;1-2H3/b5-3-,13-4+;. The molecule has 0 aliphatic rings. The molecule has 0 aliphatic heterocycles. The largest absolute Gasteiger partial charge is 0.458 e. The fourth-order valence-corrected chi connectivity index (χ4v) is 1.41. The normalized spacial score (nSPS) is 11.1. The second-order valence-electron chi connectivity index (χ2n) is 3.60. The highest BCUT2D eigenvalue weighted by molar-refractivity contribution is 5.30. The molecular weight excluding hydrogens is 238 g/mol. The summed E-state index contributed by atoms with van der Waals surface area (Å²) in [6.45, 7) is 8.45. The van der Waals surface area contributed by atoms with Crippen LogP contribution < -0.4 is 10.2 Å². The molecule has 19 heavy (non-hydrogen) atoms. The zero-order chi connectivity index (χ0) is 14.5. The van der Waals surface area contributed by atoms with Crippen molar-refractivity contribution >= 4 is 0 Å². The van der Waals surface area contributed by atoms with E-state index in [1.54, 1.807) is 0 Å². The molecule has 3 nitrogen and oxygen atoms in total. The first-order valence-corrected chi connectivity index (χ1v) is 6.73. The summed E-state index contributed by atoms with van der Waals surface area (Å²) in [4.78, 5) is 0. The van der Waals surface area contributed by atoms with Crippen molar-refractivity contribution in [3.8, 4) is 5.75 Å². The Kier molecular flexibility index (Phi) is 10.6. The molecule has 0 amide bonds. The Morgan fingerprint density at radius 2 is 1.84 bits per heavy atom. The van der Waals surface area contributed by atoms with Crippen LogP contribution in [-0.2, 0) is 6.42 Å². The lowest BCUT2D eigenvalue weighted by molar-refractivity contribution is 0.168. The van der Waals surface area contributed by atoms with E-state index in [1.165, 1.54) is 0 Å². The molecule has 0 unspecified atom stereocenters. The van der Waals surface area contributed by atoms with Crippen molar-refractivity contribution in [2.24, 2.45) is 0 Å². The van der Waals surface area contributed by atoms with Crippen molar-refractivity contribution in [1.29, 1.82) is 0 Å². The topological polar surface area (TPSA) is 41.5 Å². The molecule has 0 saturated heterocycles. The molecule has 0 aromatic heterocycles. The number of ether oxygens (including phenoxy) is 1. The molecule has 1 aromatic rings. The summed E-state index contributed by atoms with van der Waals surface area (Å²) in [7, 11) is 0. The second kappa shape index (κ2) is 11.5. The number of hydrogen-bond acceptors (Lipinski definition) is 3. The zero-order valence-corrected chi connectivity index (χ0v) is 12.3. The summed E-state index contributed by atoms with van der Waals surface area (Å²) in [5.41, 5.74) is 3.30. The maximum Gasteiger partial charge on any atom is 0.127 e. The molecule has 0 radical (unpaired) electrons. The molecule has 0 aliphatic carbocycles. The lowest BCUT2D eigenvalue weighted by atomic mass is 10.1. The molecular formula is C16H25NO2. The van der Waals surface area contributed by atoms with Gasteiger partial charge in [0, 0.05) is 6.54 Å². The number of benzene rings is 1. The molecule has 0 saturated carbocycles. The van der Waals surface area contributed by atoms with Crippen molar-refractivity contribution in [3.63, 3.8) is 0 Å². The van der Waals surface area contributed by atoms with E-state index in [-0.39, 0.29) is 0 Å². The van der Waals surface area contributed by atoms with Gasteiger partial charge < -0.3 is 9.94 Å². The molecule has 0 spiro atoms. The van der Waals surface area contributed by atoms with Crippen LogP contribution in [0.15, 0.2) is 48.3 Å². The highest BCUT2D eigenvalue weighted by Gasteiger charge is 1.97. The molecule has 0 fully saturated rings. The fourth-order valence-electron chi connectivity index (χ4n) is 1.41. The Morgan fingerprint density at radius 1 is 1.21 bits per heavy atom. The van der Waals surface area contributed by atoms with Crippen LogP contribution >= 0.6 is 0 Å². The average molecular weight is 263 g/mol. The van der Waals surface area contributed by atoms with Gasteiger partial charge in [-0.15, -0.1) is 0 Å². The highest BCUT2D eigenvalue weighted by Crippen LogP contribution is 2.16. The number of hydrogen-bond donors (Lipinski definition) is 2. The minimum atomic E-state index is 0.554. The van der Waals surface area contributed by atoms with Crippen LogP contribution in [0.5, 0.6) is 5.75 Å². The predicted octanol–water partition coefficient (Wildman–Crippen LogP) is 4.09. The van der Waals surface area contributed by atoms with Gasteiger partial charge in [0.2, 0.25) is 0 Å². The molecule has 106 valence electrons. The first-order chi connectivity index (χ1) is 9.30. The SMILES string of the molecule is C/C=C\C(=C/C)Oc1ccc(CCNO)cc1.CC. The van der Waals surface area contributed by atoms with Crippen LogP contribution in [0.2, 0.25) is 0 Å². The molecule has 0 bridgehead atoms. The van der Waals surface area contributed by atoms with E-state index >= 15 is 0 Å². The van der Waals surface area contributed by atoms with Gasteiger partial charge in [-0.2, -0.15) is 0 Å². The van der Waals surface area contributed by atoms with Crippen LogP contribution in [0.3, 0.4) is 0 Å². The smallest absolute Gasteiger partial charge is 0.127 e. The Labute approximate surface area is 116 Å². The van der Waals surface area contributed by atoms with Crippen LogP contribution in [0.4, 0.5) is 0 Å². The van der Waals surface area contributed by atoms with Crippen molar-refractivity contribution in [1.82, 2.24) is 5.48 Å². The van der Waals surface area contributed by atoms with Crippen LogP contribution in [0.25, 0.3) is 0 Å². The third kappa shape index (κ3) is 7.44. The van der Waals surface area contributed by atoms with Crippen molar-refractivity contribution < 1.29 is 9.94 Å². The summed E-state index contributed by atoms with van der Waals surface area (Å²) in [6, 6.07) is 7.85. The van der Waals surface area contributed by atoms with Gasteiger partial charge in [0.15, 0.2) is 0 Å². The van der Waals surface area contributed by atoms with E-state index in [2.05, 4.69) is 5.48 Å². The van der Waals surface area contributed by atoms with Crippen LogP contribution in [0, 0.1) is 0 Å². The van der Waals surface area contributed by atoms with E-state index in [1.807, 2.05) is 70.2 Å². The number of nitrogens with one attached hydrogen (secondary N) is 1. The molecule has 1 rings (SSSR count). The number of allylic oxidation sites excluding steroid dienone is 3. The van der Waals surface area contributed by atoms with Gasteiger partial charge in [0.05, 0.1) is 0 Å². The summed E-state index contributed by atoms with van der Waals surface area (Å²) < 4.78 is 5.67. The average Bonchev–Trinajstić information content (AvgIpc) is 2.48. The van der Waals surface area contributed by atoms with E-state index in [0.717, 1.165) is 23.5 Å². The monoisotopic (exact) mass is 263 g/mol. The molecule has 0 heterocycles. The van der Waals surface area contributed by atoms with E-state index in [0.29, 0.717) is 6.54 Å². The lowest BCUT2D eigenvalue weighted by Gasteiger charge is -2.07. The molecule has 2 N–H and O–H groups in total. The maximum absolute atomic E-state index is 8.50. The van der Waals surface area contributed by atoms with Gasteiger partial charge in [0.1, 0.15) is 11.5 Å². The summed E-state index contributed by atoms with van der Waals surface area (Å²) in [5.74, 6) is 1.65. The molecule has 1 aromatic carbocycles. The van der Waals surface area contributed by atoms with Gasteiger partial charge in [-0.05, 0) is 50.1 Å². The highest BCUT2D eigenvalue weighted by atomic mass is 16.5. The van der Waals surface area contributed by atoms with Crippen molar-refractivity contribution in [2.75, 3.05) is 6.54 Å². The zero-order valence-electron chi connectivity index (χ0n) is 12.3. The first kappa shape index (κ1) is 17.4. The van der Waals surface area contributed by atoms with Gasteiger partial charge >= 0.3 is 0 Å². The Morgan fingerprint density at radius 3 is 2.32 bits per heavy atom. The lowest BCUT2D eigenvalue weighted by Crippen LogP contribution is -2.10. The predicted molar refractivity (Wildman–Crippen MR) is 80.5 cm³/mol. The van der Waals surface area contributed by atoms with E-state index in [4.69, 9.17) is 9.94 Å². The van der Waals surface area contributed by atoms with Crippen molar-refractivity contribution in [2.45, 2.75) is 34.1 Å². The first-order valence-electron chi connectivity index (χ1n) is 6.73. The third-order valence-electron chi connectivity index (χ3n) is 2.30. The van der Waals surface area contributed by atoms with Crippen LogP contribution in [0.1, 0.15) is 33.3 Å². The van der Waals surface area contributed by atoms with Gasteiger partial charge in [-0.3, -0.25) is 0 Å².